The fourth-order valence-electron chi connectivity index (χ4n) is 4.79. The number of carbonyl (C=O) groups is 2. The van der Waals surface area contributed by atoms with Crippen molar-refractivity contribution < 1.29 is 14.3 Å². The van der Waals surface area contributed by atoms with Gasteiger partial charge in [-0.05, 0) is 48.7 Å². The summed E-state index contributed by atoms with van der Waals surface area (Å²) in [7, 11) is 0. The minimum absolute atomic E-state index is 0.0443. The Morgan fingerprint density at radius 3 is 2.56 bits per heavy atom. The van der Waals surface area contributed by atoms with Gasteiger partial charge in [0.1, 0.15) is 12.4 Å². The molecule has 2 aliphatic rings. The van der Waals surface area contributed by atoms with Crippen LogP contribution >= 0.6 is 0 Å². The summed E-state index contributed by atoms with van der Waals surface area (Å²) in [6.07, 6.45) is 13.7. The number of hydrogen-bond donors (Lipinski definition) is 0. The fourth-order valence-corrected chi connectivity index (χ4v) is 4.79. The molecule has 36 heavy (non-hydrogen) atoms. The summed E-state index contributed by atoms with van der Waals surface area (Å²) in [6.45, 7) is 2.48. The zero-order valence-electron chi connectivity index (χ0n) is 20.0. The summed E-state index contributed by atoms with van der Waals surface area (Å²) in [5.41, 5.74) is 3.95. The molecular weight excluding hydrogens is 450 g/mol. The molecule has 0 bridgehead atoms. The average molecular weight is 478 g/mol. The number of rotatable bonds is 7. The number of benzene rings is 2. The summed E-state index contributed by atoms with van der Waals surface area (Å²) >= 11 is 0. The van der Waals surface area contributed by atoms with E-state index >= 15 is 0 Å². The number of nitrogens with zero attached hydrogens (tertiary/aromatic N) is 3. The van der Waals surface area contributed by atoms with Gasteiger partial charge >= 0.3 is 0 Å². The molecule has 1 saturated heterocycles. The highest BCUT2D eigenvalue weighted by Crippen LogP contribution is 2.26. The van der Waals surface area contributed by atoms with Crippen LogP contribution in [0.2, 0.25) is 0 Å². The van der Waals surface area contributed by atoms with Gasteiger partial charge in [-0.2, -0.15) is 0 Å². The van der Waals surface area contributed by atoms with Gasteiger partial charge in [0.15, 0.2) is 0 Å². The lowest BCUT2D eigenvalue weighted by molar-refractivity contribution is -0.140. The van der Waals surface area contributed by atoms with E-state index in [-0.39, 0.29) is 24.5 Å². The second-order valence-electron chi connectivity index (χ2n) is 9.01. The summed E-state index contributed by atoms with van der Waals surface area (Å²) in [4.78, 5) is 32.5. The van der Waals surface area contributed by atoms with Crippen molar-refractivity contribution >= 4 is 34.9 Å². The Morgan fingerprint density at radius 1 is 1.00 bits per heavy atom. The third-order valence-electron chi connectivity index (χ3n) is 6.62. The number of likely N-dealkylation sites (tertiary alicyclic amines) is 1. The van der Waals surface area contributed by atoms with E-state index in [1.54, 1.807) is 0 Å². The predicted molar refractivity (Wildman–Crippen MR) is 141 cm³/mol. The van der Waals surface area contributed by atoms with Gasteiger partial charge in [-0.15, -0.1) is 6.42 Å². The van der Waals surface area contributed by atoms with Crippen LogP contribution in [0.3, 0.4) is 0 Å². The number of hydrogen-bond acceptors (Lipinski definition) is 5. The van der Waals surface area contributed by atoms with Gasteiger partial charge in [0, 0.05) is 48.8 Å². The maximum Gasteiger partial charge on any atom is 0.253 e. The SMILES string of the molecule is C#CCOc1ccc(/C=C/c2ccc3ccccc3n2)cc1CN1CCC(N2C(=O)C=CC2=O)CC1. The van der Waals surface area contributed by atoms with Gasteiger partial charge in [0.05, 0.1) is 11.2 Å². The average Bonchev–Trinajstić information content (AvgIpc) is 3.25. The van der Waals surface area contributed by atoms with Gasteiger partial charge in [-0.3, -0.25) is 19.4 Å². The minimum atomic E-state index is -0.205. The predicted octanol–water partition coefficient (Wildman–Crippen LogP) is 4.31. The number of pyridine rings is 1. The quantitative estimate of drug-likeness (QED) is 0.375. The molecule has 2 amide bonds. The number of imide groups is 1. The monoisotopic (exact) mass is 477 g/mol. The molecule has 6 heteroatoms. The fraction of sp³-hybridized carbons (Fsp3) is 0.233. The first kappa shape index (κ1) is 23.5. The minimum Gasteiger partial charge on any atom is -0.481 e. The van der Waals surface area contributed by atoms with Crippen LogP contribution in [0.5, 0.6) is 5.75 Å². The van der Waals surface area contributed by atoms with Crippen molar-refractivity contribution in [2.45, 2.75) is 25.4 Å². The van der Waals surface area contributed by atoms with Crippen molar-refractivity contribution in [3.05, 3.63) is 83.6 Å². The van der Waals surface area contributed by atoms with Gasteiger partial charge in [-0.1, -0.05) is 42.3 Å². The molecule has 1 aromatic heterocycles. The molecule has 0 N–H and O–H groups in total. The largest absolute Gasteiger partial charge is 0.481 e. The highest BCUT2D eigenvalue weighted by molar-refractivity contribution is 6.13. The number of piperidine rings is 1. The number of fused-ring (bicyclic) bond motifs is 1. The molecular formula is C30H27N3O3. The van der Waals surface area contributed by atoms with Crippen molar-refractivity contribution in [3.8, 4) is 18.1 Å². The van der Waals surface area contributed by atoms with Crippen LogP contribution in [0, 0.1) is 12.3 Å². The van der Waals surface area contributed by atoms with Gasteiger partial charge in [0.2, 0.25) is 0 Å². The Labute approximate surface area is 210 Å². The first-order valence-electron chi connectivity index (χ1n) is 12.1. The number of aromatic nitrogens is 1. The number of carbonyl (C=O) groups excluding carboxylic acids is 2. The van der Waals surface area contributed by atoms with Crippen molar-refractivity contribution in [1.82, 2.24) is 14.8 Å². The lowest BCUT2D eigenvalue weighted by atomic mass is 10.0. The first-order chi connectivity index (χ1) is 17.6. The highest BCUT2D eigenvalue weighted by atomic mass is 16.5. The van der Waals surface area contributed by atoms with Crippen molar-refractivity contribution in [3.63, 3.8) is 0 Å². The molecule has 0 unspecified atom stereocenters. The van der Waals surface area contributed by atoms with E-state index in [0.717, 1.165) is 59.4 Å². The molecule has 0 atom stereocenters. The van der Waals surface area contributed by atoms with Crippen LogP contribution in [-0.4, -0.2) is 52.3 Å². The molecule has 6 nitrogen and oxygen atoms in total. The van der Waals surface area contributed by atoms with E-state index in [4.69, 9.17) is 16.1 Å². The van der Waals surface area contributed by atoms with Gasteiger partial charge in [0.25, 0.3) is 11.8 Å². The zero-order valence-corrected chi connectivity index (χ0v) is 20.0. The summed E-state index contributed by atoms with van der Waals surface area (Å²) in [5, 5.41) is 1.12. The summed E-state index contributed by atoms with van der Waals surface area (Å²) in [5.74, 6) is 2.89. The van der Waals surface area contributed by atoms with E-state index in [1.165, 1.54) is 17.1 Å². The molecule has 0 spiro atoms. The summed E-state index contributed by atoms with van der Waals surface area (Å²) < 4.78 is 5.82. The molecule has 1 fully saturated rings. The molecule has 0 aliphatic carbocycles. The molecule has 0 radical (unpaired) electrons. The number of para-hydroxylation sites is 1. The van der Waals surface area contributed by atoms with E-state index in [9.17, 15) is 9.59 Å². The Bertz CT molecular complexity index is 1380. The molecule has 5 rings (SSSR count). The van der Waals surface area contributed by atoms with E-state index < -0.39 is 0 Å². The van der Waals surface area contributed by atoms with E-state index in [0.29, 0.717) is 6.54 Å². The zero-order chi connectivity index (χ0) is 24.9. The second kappa shape index (κ2) is 10.6. The molecule has 2 aromatic carbocycles. The lowest BCUT2D eigenvalue weighted by Gasteiger charge is -2.35. The smallest absolute Gasteiger partial charge is 0.253 e. The summed E-state index contributed by atoms with van der Waals surface area (Å²) in [6, 6.07) is 18.2. The second-order valence-corrected chi connectivity index (χ2v) is 9.01. The van der Waals surface area contributed by atoms with Crippen LogP contribution in [0.15, 0.2) is 66.7 Å². The van der Waals surface area contributed by atoms with Crippen LogP contribution in [-0.2, 0) is 16.1 Å². The lowest BCUT2D eigenvalue weighted by Crippen LogP contribution is -2.47. The van der Waals surface area contributed by atoms with Crippen LogP contribution in [0.1, 0.15) is 29.7 Å². The van der Waals surface area contributed by atoms with E-state index in [1.807, 2.05) is 42.5 Å². The van der Waals surface area contributed by atoms with Gasteiger partial charge < -0.3 is 4.74 Å². The number of amides is 2. The molecule has 3 heterocycles. The molecule has 2 aliphatic heterocycles. The Balaban J connectivity index is 1.29. The molecule has 3 aromatic rings. The molecule has 0 saturated carbocycles. The van der Waals surface area contributed by atoms with Crippen LogP contribution in [0.4, 0.5) is 0 Å². The van der Waals surface area contributed by atoms with E-state index in [2.05, 4.69) is 35.1 Å². The first-order valence-corrected chi connectivity index (χ1v) is 12.1. The third-order valence-corrected chi connectivity index (χ3v) is 6.62. The van der Waals surface area contributed by atoms with Crippen molar-refractivity contribution in [2.75, 3.05) is 19.7 Å². The van der Waals surface area contributed by atoms with Crippen LogP contribution < -0.4 is 4.74 Å². The number of ether oxygens (including phenoxy) is 1. The van der Waals surface area contributed by atoms with Crippen molar-refractivity contribution in [1.29, 1.82) is 0 Å². The Morgan fingerprint density at radius 2 is 1.78 bits per heavy atom. The van der Waals surface area contributed by atoms with Gasteiger partial charge in [-0.25, -0.2) is 4.98 Å². The Hall–Kier alpha value is -4.21. The normalized spacial score (nSPS) is 16.8. The Kier molecular flexibility index (Phi) is 6.92. The standard InChI is InChI=1S/C30H27N3O3/c1-2-19-36-28-12-8-22(7-10-25-11-9-23-5-3-4-6-27(23)31-25)20-24(28)21-32-17-15-26(16-18-32)33-29(34)13-14-30(33)35/h1,3-14,20,26H,15-19,21H2/b10-7+. The molecule has 180 valence electrons. The topological polar surface area (TPSA) is 62.7 Å². The van der Waals surface area contributed by atoms with Crippen molar-refractivity contribution in [2.24, 2.45) is 0 Å². The highest BCUT2D eigenvalue weighted by Gasteiger charge is 2.33. The maximum atomic E-state index is 12.0. The number of terminal acetylenes is 1. The van der Waals surface area contributed by atoms with Crippen LogP contribution in [0.25, 0.3) is 23.1 Å². The maximum absolute atomic E-state index is 12.0. The third kappa shape index (κ3) is 5.22.